The lowest BCUT2D eigenvalue weighted by Gasteiger charge is -2.48. The zero-order valence-corrected chi connectivity index (χ0v) is 13.7. The fourth-order valence-electron chi connectivity index (χ4n) is 4.00. The number of hydrogen-bond donors (Lipinski definition) is 2. The van der Waals surface area contributed by atoms with Gasteiger partial charge in [-0.05, 0) is 38.8 Å². The number of H-pyrrole nitrogens is 1. The highest BCUT2D eigenvalue weighted by molar-refractivity contribution is 5.85. The molecule has 0 saturated carbocycles. The molecule has 0 aliphatic carbocycles. The van der Waals surface area contributed by atoms with Crippen LogP contribution < -0.4 is 10.6 Å². The molecule has 0 spiro atoms. The number of primary amides is 1. The average Bonchev–Trinajstić information content (AvgIpc) is 3.10. The second-order valence-corrected chi connectivity index (χ2v) is 6.77. The predicted molar refractivity (Wildman–Crippen MR) is 90.5 cm³/mol. The van der Waals surface area contributed by atoms with Crippen LogP contribution in [-0.2, 0) is 4.79 Å². The van der Waals surface area contributed by atoms with Gasteiger partial charge in [0.25, 0.3) is 0 Å². The van der Waals surface area contributed by atoms with Crippen molar-refractivity contribution >= 4 is 22.9 Å². The van der Waals surface area contributed by atoms with E-state index in [0.717, 1.165) is 62.9 Å². The number of carbonyl (C=O) groups excluding carboxylic acids is 1. The minimum Gasteiger partial charge on any atom is -0.368 e. The van der Waals surface area contributed by atoms with Crippen molar-refractivity contribution in [1.82, 2.24) is 25.1 Å². The van der Waals surface area contributed by atoms with Crippen LogP contribution in [-0.4, -0.2) is 62.7 Å². The number of amides is 1. The van der Waals surface area contributed by atoms with Crippen molar-refractivity contribution in [3.05, 3.63) is 12.4 Å². The fourth-order valence-corrected chi connectivity index (χ4v) is 4.00. The number of likely N-dealkylation sites (tertiary alicyclic amines) is 1. The summed E-state index contributed by atoms with van der Waals surface area (Å²) in [6, 6.07) is 0. The molecule has 2 aliphatic rings. The maximum absolute atomic E-state index is 12.3. The molecule has 2 aliphatic heterocycles. The third-order valence-corrected chi connectivity index (χ3v) is 5.47. The Labute approximate surface area is 140 Å². The molecule has 0 unspecified atom stereocenters. The van der Waals surface area contributed by atoms with E-state index in [1.165, 1.54) is 6.42 Å². The standard InChI is InChI=1S/C16H23N7O/c17-14(24)16(23-6-2-1-3-7-23)4-8-22(9-5-16)15-18-10-12-11-19-21-13(12)20-15/h10-11H,1-9H2,(H2,17,24)(H,18,19,20,21). The van der Waals surface area contributed by atoms with Gasteiger partial charge in [0.1, 0.15) is 5.54 Å². The number of nitrogens with two attached hydrogens (primary N) is 1. The highest BCUT2D eigenvalue weighted by Gasteiger charge is 2.45. The summed E-state index contributed by atoms with van der Waals surface area (Å²) in [6.07, 6.45) is 8.50. The highest BCUT2D eigenvalue weighted by Crippen LogP contribution is 2.32. The lowest BCUT2D eigenvalue weighted by molar-refractivity contribution is -0.132. The average molecular weight is 329 g/mol. The molecule has 2 aromatic heterocycles. The lowest BCUT2D eigenvalue weighted by Crippen LogP contribution is -2.63. The molecule has 2 saturated heterocycles. The number of carbonyl (C=O) groups is 1. The first kappa shape index (κ1) is 15.3. The molecule has 24 heavy (non-hydrogen) atoms. The molecule has 128 valence electrons. The molecule has 3 N–H and O–H groups in total. The molecule has 0 atom stereocenters. The Morgan fingerprint density at radius 2 is 1.88 bits per heavy atom. The van der Waals surface area contributed by atoms with E-state index in [9.17, 15) is 4.79 Å². The maximum atomic E-state index is 12.3. The molecule has 0 bridgehead atoms. The summed E-state index contributed by atoms with van der Waals surface area (Å²) in [5.74, 6) is 0.498. The Morgan fingerprint density at radius 3 is 2.58 bits per heavy atom. The normalized spacial score (nSPS) is 21.9. The number of aromatic amines is 1. The van der Waals surface area contributed by atoms with E-state index in [0.29, 0.717) is 5.95 Å². The topological polar surface area (TPSA) is 104 Å². The first-order valence-corrected chi connectivity index (χ1v) is 8.65. The largest absolute Gasteiger partial charge is 0.368 e. The second-order valence-electron chi connectivity index (χ2n) is 6.77. The molecule has 8 heteroatoms. The van der Waals surface area contributed by atoms with Crippen LogP contribution in [0.25, 0.3) is 11.0 Å². The number of nitrogens with one attached hydrogen (secondary N) is 1. The zero-order valence-electron chi connectivity index (χ0n) is 13.7. The summed E-state index contributed by atoms with van der Waals surface area (Å²) in [5.41, 5.74) is 6.07. The van der Waals surface area contributed by atoms with Gasteiger partial charge in [0.2, 0.25) is 11.9 Å². The molecule has 1 amide bonds. The van der Waals surface area contributed by atoms with Gasteiger partial charge in [-0.25, -0.2) is 4.98 Å². The summed E-state index contributed by atoms with van der Waals surface area (Å²) in [6.45, 7) is 3.41. The van der Waals surface area contributed by atoms with Crippen LogP contribution in [0, 0.1) is 0 Å². The fraction of sp³-hybridized carbons (Fsp3) is 0.625. The minimum atomic E-state index is -0.505. The van der Waals surface area contributed by atoms with E-state index in [1.807, 2.05) is 0 Å². The van der Waals surface area contributed by atoms with Crippen molar-refractivity contribution in [2.24, 2.45) is 5.73 Å². The summed E-state index contributed by atoms with van der Waals surface area (Å²) in [4.78, 5) is 25.7. The van der Waals surface area contributed by atoms with E-state index in [1.54, 1.807) is 12.4 Å². The van der Waals surface area contributed by atoms with Crippen LogP contribution in [0.4, 0.5) is 5.95 Å². The van der Waals surface area contributed by atoms with Gasteiger partial charge in [0.15, 0.2) is 5.65 Å². The molecule has 2 fully saturated rings. The molecule has 8 nitrogen and oxygen atoms in total. The number of hydrogen-bond acceptors (Lipinski definition) is 6. The summed E-state index contributed by atoms with van der Waals surface area (Å²) in [5, 5.41) is 7.75. The van der Waals surface area contributed by atoms with Crippen molar-refractivity contribution in [3.8, 4) is 0 Å². The quantitative estimate of drug-likeness (QED) is 0.857. The van der Waals surface area contributed by atoms with Crippen molar-refractivity contribution < 1.29 is 4.79 Å². The SMILES string of the molecule is NC(=O)C1(N2CCCCC2)CCN(c2ncc3cn[nH]c3n2)CC1. The van der Waals surface area contributed by atoms with Gasteiger partial charge in [-0.15, -0.1) is 0 Å². The van der Waals surface area contributed by atoms with Crippen molar-refractivity contribution in [2.45, 2.75) is 37.6 Å². The third-order valence-electron chi connectivity index (χ3n) is 5.47. The Bertz CT molecular complexity index is 729. The third kappa shape index (κ3) is 2.50. The summed E-state index contributed by atoms with van der Waals surface area (Å²) < 4.78 is 0. The summed E-state index contributed by atoms with van der Waals surface area (Å²) >= 11 is 0. The van der Waals surface area contributed by atoms with Crippen molar-refractivity contribution in [2.75, 3.05) is 31.1 Å². The lowest BCUT2D eigenvalue weighted by atomic mass is 9.83. The second kappa shape index (κ2) is 6.01. The van der Waals surface area contributed by atoms with Gasteiger partial charge >= 0.3 is 0 Å². The first-order valence-electron chi connectivity index (χ1n) is 8.65. The number of rotatable bonds is 3. The Balaban J connectivity index is 1.52. The van der Waals surface area contributed by atoms with E-state index >= 15 is 0 Å². The molecule has 0 radical (unpaired) electrons. The smallest absolute Gasteiger partial charge is 0.238 e. The number of fused-ring (bicyclic) bond motifs is 1. The van der Waals surface area contributed by atoms with Crippen LogP contribution in [0.1, 0.15) is 32.1 Å². The molecule has 0 aromatic carbocycles. The van der Waals surface area contributed by atoms with Crippen LogP contribution in [0.5, 0.6) is 0 Å². The molecule has 4 rings (SSSR count). The number of piperidine rings is 2. The Kier molecular flexibility index (Phi) is 3.84. The maximum Gasteiger partial charge on any atom is 0.238 e. The first-order chi connectivity index (χ1) is 11.7. The Hall–Kier alpha value is -2.22. The number of nitrogens with zero attached hydrogens (tertiary/aromatic N) is 5. The number of anilines is 1. The minimum absolute atomic E-state index is 0.186. The van der Waals surface area contributed by atoms with E-state index in [2.05, 4.69) is 30.0 Å². The van der Waals surface area contributed by atoms with Gasteiger partial charge in [0, 0.05) is 19.3 Å². The molecule has 4 heterocycles. The predicted octanol–water partition coefficient (Wildman–Crippen LogP) is 0.663. The van der Waals surface area contributed by atoms with Gasteiger partial charge in [-0.2, -0.15) is 10.1 Å². The zero-order chi connectivity index (χ0) is 16.6. The van der Waals surface area contributed by atoms with Gasteiger partial charge < -0.3 is 10.6 Å². The van der Waals surface area contributed by atoms with Crippen LogP contribution in [0.3, 0.4) is 0 Å². The summed E-state index contributed by atoms with van der Waals surface area (Å²) in [7, 11) is 0. The van der Waals surface area contributed by atoms with E-state index in [-0.39, 0.29) is 5.91 Å². The van der Waals surface area contributed by atoms with Crippen LogP contribution in [0.2, 0.25) is 0 Å². The highest BCUT2D eigenvalue weighted by atomic mass is 16.1. The molecular weight excluding hydrogens is 306 g/mol. The van der Waals surface area contributed by atoms with Crippen LogP contribution in [0.15, 0.2) is 12.4 Å². The molecular formula is C16H23N7O. The molecule has 2 aromatic rings. The Morgan fingerprint density at radius 1 is 1.12 bits per heavy atom. The van der Waals surface area contributed by atoms with Gasteiger partial charge in [-0.3, -0.25) is 14.8 Å². The van der Waals surface area contributed by atoms with Gasteiger partial charge in [0.05, 0.1) is 11.6 Å². The van der Waals surface area contributed by atoms with E-state index < -0.39 is 5.54 Å². The monoisotopic (exact) mass is 329 g/mol. The van der Waals surface area contributed by atoms with Crippen molar-refractivity contribution in [3.63, 3.8) is 0 Å². The van der Waals surface area contributed by atoms with Crippen LogP contribution >= 0.6 is 0 Å². The number of aromatic nitrogens is 4. The van der Waals surface area contributed by atoms with E-state index in [4.69, 9.17) is 5.73 Å². The van der Waals surface area contributed by atoms with Crippen molar-refractivity contribution in [1.29, 1.82) is 0 Å². The van der Waals surface area contributed by atoms with Gasteiger partial charge in [-0.1, -0.05) is 6.42 Å².